The zero-order valence-corrected chi connectivity index (χ0v) is 14.5. The molecule has 2 rings (SSSR count). The van der Waals surface area contributed by atoms with Crippen molar-refractivity contribution in [3.8, 4) is 0 Å². The molecule has 23 heavy (non-hydrogen) atoms. The molecule has 1 N–H and O–H groups in total. The fourth-order valence-corrected chi connectivity index (χ4v) is 3.14. The second-order valence-electron chi connectivity index (χ2n) is 5.60. The van der Waals surface area contributed by atoms with Crippen LogP contribution in [-0.2, 0) is 9.84 Å². The van der Waals surface area contributed by atoms with Crippen molar-refractivity contribution < 1.29 is 13.2 Å². The highest BCUT2D eigenvalue weighted by Gasteiger charge is 2.18. The van der Waals surface area contributed by atoms with Crippen LogP contribution in [0.1, 0.15) is 42.5 Å². The molecule has 1 unspecified atom stereocenters. The van der Waals surface area contributed by atoms with E-state index in [0.717, 1.165) is 18.4 Å². The van der Waals surface area contributed by atoms with Crippen molar-refractivity contribution in [2.45, 2.75) is 38.1 Å². The van der Waals surface area contributed by atoms with Gasteiger partial charge in [-0.1, -0.05) is 19.1 Å². The van der Waals surface area contributed by atoms with Crippen LogP contribution < -0.4 is 5.32 Å². The van der Waals surface area contributed by atoms with Crippen molar-refractivity contribution in [2.24, 2.45) is 0 Å². The summed E-state index contributed by atoms with van der Waals surface area (Å²) in [6.45, 7) is 5.97. The van der Waals surface area contributed by atoms with Gasteiger partial charge >= 0.3 is 0 Å². The minimum absolute atomic E-state index is 0.0893. The van der Waals surface area contributed by atoms with Crippen LogP contribution in [0, 0.1) is 6.92 Å². The SMILES string of the molecule is CCC(C)n1nc(C(=O)Nc2ccccc2S(C)(=O)=O)cc1C. The topological polar surface area (TPSA) is 81.1 Å². The maximum Gasteiger partial charge on any atom is 0.276 e. The zero-order valence-electron chi connectivity index (χ0n) is 13.7. The zero-order chi connectivity index (χ0) is 17.2. The molecule has 0 fully saturated rings. The van der Waals surface area contributed by atoms with Gasteiger partial charge in [0.1, 0.15) is 0 Å². The molecule has 0 aliphatic heterocycles. The van der Waals surface area contributed by atoms with E-state index in [9.17, 15) is 13.2 Å². The van der Waals surface area contributed by atoms with Gasteiger partial charge in [-0.25, -0.2) is 8.42 Å². The standard InChI is InChI=1S/C16H21N3O3S/c1-5-11(2)19-12(3)10-14(18-19)16(20)17-13-8-6-7-9-15(13)23(4,21)22/h6-11H,5H2,1-4H3,(H,17,20). The summed E-state index contributed by atoms with van der Waals surface area (Å²) in [5.74, 6) is -0.425. The number of rotatable bonds is 5. The van der Waals surface area contributed by atoms with Crippen LogP contribution in [-0.4, -0.2) is 30.4 Å². The van der Waals surface area contributed by atoms with Gasteiger partial charge in [0, 0.05) is 18.0 Å². The summed E-state index contributed by atoms with van der Waals surface area (Å²) < 4.78 is 25.4. The number of amides is 1. The van der Waals surface area contributed by atoms with Gasteiger partial charge in [-0.3, -0.25) is 9.48 Å². The predicted molar refractivity (Wildman–Crippen MR) is 89.5 cm³/mol. The molecule has 7 heteroatoms. The van der Waals surface area contributed by atoms with Gasteiger partial charge in [-0.15, -0.1) is 0 Å². The van der Waals surface area contributed by atoms with Gasteiger partial charge in [0.2, 0.25) is 0 Å². The number of carbonyl (C=O) groups excluding carboxylic acids is 1. The van der Waals surface area contributed by atoms with E-state index in [0.29, 0.717) is 0 Å². The fourth-order valence-electron chi connectivity index (χ4n) is 2.30. The lowest BCUT2D eigenvalue weighted by atomic mass is 10.2. The van der Waals surface area contributed by atoms with Crippen molar-refractivity contribution in [3.05, 3.63) is 41.7 Å². The van der Waals surface area contributed by atoms with Crippen LogP contribution in [0.3, 0.4) is 0 Å². The minimum Gasteiger partial charge on any atom is -0.319 e. The highest BCUT2D eigenvalue weighted by molar-refractivity contribution is 7.90. The summed E-state index contributed by atoms with van der Waals surface area (Å²) in [4.78, 5) is 12.5. The molecule has 0 spiro atoms. The molecule has 0 aliphatic rings. The van der Waals surface area contributed by atoms with Crippen molar-refractivity contribution in [3.63, 3.8) is 0 Å². The molecule has 1 atom stereocenters. The van der Waals surface area contributed by atoms with Gasteiger partial charge in [0.05, 0.1) is 10.6 Å². The van der Waals surface area contributed by atoms with Crippen LogP contribution in [0.25, 0.3) is 0 Å². The summed E-state index contributed by atoms with van der Waals surface area (Å²) in [6, 6.07) is 8.21. The average Bonchev–Trinajstić information content (AvgIpc) is 2.88. The highest BCUT2D eigenvalue weighted by Crippen LogP contribution is 2.21. The molecule has 0 bridgehead atoms. The molecule has 0 saturated heterocycles. The van der Waals surface area contributed by atoms with E-state index >= 15 is 0 Å². The Morgan fingerprint density at radius 3 is 2.61 bits per heavy atom. The first-order chi connectivity index (χ1) is 10.7. The minimum atomic E-state index is -3.42. The van der Waals surface area contributed by atoms with Gasteiger partial charge in [0.25, 0.3) is 5.91 Å². The Balaban J connectivity index is 2.31. The number of nitrogens with zero attached hydrogens (tertiary/aromatic N) is 2. The lowest BCUT2D eigenvalue weighted by molar-refractivity contribution is 0.102. The first kappa shape index (κ1) is 17.2. The maximum atomic E-state index is 12.4. The number of aromatic nitrogens is 2. The number of anilines is 1. The van der Waals surface area contributed by atoms with Crippen LogP contribution in [0.5, 0.6) is 0 Å². The molecule has 1 aromatic carbocycles. The van der Waals surface area contributed by atoms with E-state index in [4.69, 9.17) is 0 Å². The molecule has 0 radical (unpaired) electrons. The number of carbonyl (C=O) groups is 1. The molecule has 124 valence electrons. The Morgan fingerprint density at radius 1 is 1.35 bits per heavy atom. The number of hydrogen-bond acceptors (Lipinski definition) is 4. The number of para-hydroxylation sites is 1. The number of sulfone groups is 1. The third-order valence-electron chi connectivity index (χ3n) is 3.70. The van der Waals surface area contributed by atoms with Gasteiger partial charge in [-0.05, 0) is 38.5 Å². The Hall–Kier alpha value is -2.15. The van der Waals surface area contributed by atoms with Gasteiger partial charge < -0.3 is 5.32 Å². The first-order valence-electron chi connectivity index (χ1n) is 7.40. The second-order valence-corrected chi connectivity index (χ2v) is 7.58. The summed E-state index contributed by atoms with van der Waals surface area (Å²) in [5.41, 5.74) is 1.42. The molecule has 0 saturated carbocycles. The lowest BCUT2D eigenvalue weighted by Crippen LogP contribution is -2.16. The monoisotopic (exact) mass is 335 g/mol. The summed E-state index contributed by atoms with van der Waals surface area (Å²) in [5, 5.41) is 6.96. The largest absolute Gasteiger partial charge is 0.319 e. The summed E-state index contributed by atoms with van der Waals surface area (Å²) >= 11 is 0. The lowest BCUT2D eigenvalue weighted by Gasteiger charge is -2.11. The Morgan fingerprint density at radius 2 is 2.00 bits per heavy atom. The number of benzene rings is 1. The predicted octanol–water partition coefficient (Wildman–Crippen LogP) is 2.82. The van der Waals surface area contributed by atoms with Crippen LogP contribution in [0.2, 0.25) is 0 Å². The maximum absolute atomic E-state index is 12.4. The normalized spacial score (nSPS) is 12.9. The van der Waals surface area contributed by atoms with Crippen LogP contribution in [0.15, 0.2) is 35.2 Å². The molecule has 0 aliphatic carbocycles. The molecule has 6 nitrogen and oxygen atoms in total. The van der Waals surface area contributed by atoms with Gasteiger partial charge in [-0.2, -0.15) is 5.10 Å². The Kier molecular flexibility index (Phi) is 4.89. The van der Waals surface area contributed by atoms with E-state index in [1.165, 1.54) is 6.07 Å². The molecular weight excluding hydrogens is 314 g/mol. The van der Waals surface area contributed by atoms with Crippen molar-refractivity contribution in [1.82, 2.24) is 9.78 Å². The molecule has 1 amide bonds. The number of hydrogen-bond donors (Lipinski definition) is 1. The third kappa shape index (κ3) is 3.79. The average molecular weight is 335 g/mol. The van der Waals surface area contributed by atoms with E-state index < -0.39 is 15.7 Å². The molecule has 2 aromatic rings. The van der Waals surface area contributed by atoms with Crippen LogP contribution >= 0.6 is 0 Å². The third-order valence-corrected chi connectivity index (χ3v) is 4.85. The molecule has 1 aromatic heterocycles. The van der Waals surface area contributed by atoms with Crippen molar-refractivity contribution >= 4 is 21.4 Å². The van der Waals surface area contributed by atoms with Crippen molar-refractivity contribution in [1.29, 1.82) is 0 Å². The van der Waals surface area contributed by atoms with E-state index in [1.807, 2.05) is 20.8 Å². The smallest absolute Gasteiger partial charge is 0.276 e. The quantitative estimate of drug-likeness (QED) is 0.911. The second kappa shape index (κ2) is 6.54. The Bertz CT molecular complexity index is 825. The van der Waals surface area contributed by atoms with E-state index in [1.54, 1.807) is 28.9 Å². The molecule has 1 heterocycles. The number of nitrogens with one attached hydrogen (secondary N) is 1. The highest BCUT2D eigenvalue weighted by atomic mass is 32.2. The Labute approximate surface area is 136 Å². The van der Waals surface area contributed by atoms with E-state index in [-0.39, 0.29) is 22.3 Å². The van der Waals surface area contributed by atoms with Crippen molar-refractivity contribution in [2.75, 3.05) is 11.6 Å². The van der Waals surface area contributed by atoms with E-state index in [2.05, 4.69) is 10.4 Å². The first-order valence-corrected chi connectivity index (χ1v) is 9.29. The molecular formula is C16H21N3O3S. The van der Waals surface area contributed by atoms with Gasteiger partial charge in [0.15, 0.2) is 15.5 Å². The fraction of sp³-hybridized carbons (Fsp3) is 0.375. The summed E-state index contributed by atoms with van der Waals surface area (Å²) in [6.07, 6.45) is 2.01. The summed E-state index contributed by atoms with van der Waals surface area (Å²) in [7, 11) is -3.42. The van der Waals surface area contributed by atoms with Crippen LogP contribution in [0.4, 0.5) is 5.69 Å². The number of aryl methyl sites for hydroxylation is 1.